The number of amides is 1. The molecule has 1 aliphatic heterocycles. The number of morpholine rings is 1. The Bertz CT molecular complexity index is 1060. The van der Waals surface area contributed by atoms with Crippen molar-refractivity contribution in [1.29, 1.82) is 0 Å². The van der Waals surface area contributed by atoms with Gasteiger partial charge in [-0.05, 0) is 29.8 Å². The topological polar surface area (TPSA) is 47.4 Å². The first-order chi connectivity index (χ1) is 13.8. The molecule has 0 spiro atoms. The minimum Gasteiger partial charge on any atom is -0.378 e. The molecule has 152 valence electrons. The number of pyridine rings is 1. The molecule has 29 heavy (non-hydrogen) atoms. The van der Waals surface area contributed by atoms with Gasteiger partial charge in [0.2, 0.25) is 5.91 Å². The van der Waals surface area contributed by atoms with E-state index >= 15 is 0 Å². The van der Waals surface area contributed by atoms with Gasteiger partial charge in [0.1, 0.15) is 12.4 Å². The monoisotopic (exact) mass is 407 g/mol. The van der Waals surface area contributed by atoms with Crippen LogP contribution in [0.1, 0.15) is 5.56 Å². The van der Waals surface area contributed by atoms with Crippen LogP contribution in [0.3, 0.4) is 0 Å². The van der Waals surface area contributed by atoms with E-state index in [1.165, 1.54) is 12.3 Å². The summed E-state index contributed by atoms with van der Waals surface area (Å²) in [6.45, 7) is 2.13. The van der Waals surface area contributed by atoms with Crippen molar-refractivity contribution in [2.75, 3.05) is 26.3 Å². The second-order valence-corrected chi connectivity index (χ2v) is 6.76. The number of carbonyl (C=O) groups is 1. The van der Waals surface area contributed by atoms with Crippen LogP contribution in [0.5, 0.6) is 0 Å². The largest absolute Gasteiger partial charge is 0.419 e. The fraction of sp³-hybridized carbons (Fsp3) is 0.300. The predicted molar refractivity (Wildman–Crippen MR) is 97.5 cm³/mol. The van der Waals surface area contributed by atoms with E-state index in [9.17, 15) is 22.4 Å². The lowest BCUT2D eigenvalue weighted by atomic mass is 10.0. The summed E-state index contributed by atoms with van der Waals surface area (Å²) in [5.74, 6) is -1.40. The van der Waals surface area contributed by atoms with E-state index in [2.05, 4.69) is 4.98 Å². The Hall–Kier alpha value is -2.94. The summed E-state index contributed by atoms with van der Waals surface area (Å²) in [5, 5.41) is 0. The molecule has 0 radical (unpaired) electrons. The van der Waals surface area contributed by atoms with Gasteiger partial charge in [0.15, 0.2) is 0 Å². The summed E-state index contributed by atoms with van der Waals surface area (Å²) in [7, 11) is 0. The van der Waals surface area contributed by atoms with E-state index < -0.39 is 17.6 Å². The Morgan fingerprint density at radius 1 is 1.10 bits per heavy atom. The number of alkyl halides is 3. The van der Waals surface area contributed by atoms with Crippen molar-refractivity contribution in [3.05, 3.63) is 54.1 Å². The van der Waals surface area contributed by atoms with Gasteiger partial charge in [0, 0.05) is 31.0 Å². The predicted octanol–water partition coefficient (Wildman–Crippen LogP) is 3.72. The number of halogens is 4. The van der Waals surface area contributed by atoms with E-state index in [1.807, 2.05) is 0 Å². The molecule has 5 nitrogen and oxygen atoms in total. The standard InChI is InChI=1S/C20H17F4N3O2/c21-16-2-1-13(9-15(16)20(22,23)24)14-10-18-17(25-11-14)3-4-27(18)12-19(28)26-5-7-29-8-6-26/h1-4,9-11H,5-8,12H2. The minimum atomic E-state index is -4.79. The van der Waals surface area contributed by atoms with Crippen LogP contribution in [0.4, 0.5) is 17.6 Å². The second kappa shape index (κ2) is 7.47. The van der Waals surface area contributed by atoms with Crippen molar-refractivity contribution in [3.63, 3.8) is 0 Å². The Kier molecular flexibility index (Phi) is 4.99. The van der Waals surface area contributed by atoms with Crippen LogP contribution >= 0.6 is 0 Å². The molecule has 0 aliphatic carbocycles. The van der Waals surface area contributed by atoms with Gasteiger partial charge in [-0.2, -0.15) is 13.2 Å². The molecular weight excluding hydrogens is 390 g/mol. The molecule has 4 rings (SSSR count). The zero-order valence-electron chi connectivity index (χ0n) is 15.2. The van der Waals surface area contributed by atoms with E-state index in [-0.39, 0.29) is 18.0 Å². The molecule has 0 bridgehead atoms. The molecule has 3 heterocycles. The molecule has 1 fully saturated rings. The molecule has 0 unspecified atom stereocenters. The quantitative estimate of drug-likeness (QED) is 0.622. The van der Waals surface area contributed by atoms with Crippen LogP contribution in [0.15, 0.2) is 42.7 Å². The van der Waals surface area contributed by atoms with Crippen molar-refractivity contribution < 1.29 is 27.1 Å². The third-order valence-corrected chi connectivity index (χ3v) is 4.89. The van der Waals surface area contributed by atoms with Gasteiger partial charge in [0.25, 0.3) is 0 Å². The highest BCUT2D eigenvalue weighted by atomic mass is 19.4. The Morgan fingerprint density at radius 2 is 1.86 bits per heavy atom. The first-order valence-corrected chi connectivity index (χ1v) is 9.00. The summed E-state index contributed by atoms with van der Waals surface area (Å²) in [4.78, 5) is 18.5. The van der Waals surface area contributed by atoms with Gasteiger partial charge in [-0.3, -0.25) is 9.78 Å². The minimum absolute atomic E-state index is 0.0719. The highest BCUT2D eigenvalue weighted by molar-refractivity contribution is 5.84. The average molecular weight is 407 g/mol. The fourth-order valence-corrected chi connectivity index (χ4v) is 3.34. The fourth-order valence-electron chi connectivity index (χ4n) is 3.34. The summed E-state index contributed by atoms with van der Waals surface area (Å²) in [6.07, 6.45) is -1.64. The molecule has 1 aromatic carbocycles. The van der Waals surface area contributed by atoms with Crippen molar-refractivity contribution >= 4 is 16.9 Å². The van der Waals surface area contributed by atoms with Crippen LogP contribution in [-0.4, -0.2) is 46.7 Å². The van der Waals surface area contributed by atoms with Gasteiger partial charge >= 0.3 is 6.18 Å². The third-order valence-electron chi connectivity index (χ3n) is 4.89. The Balaban J connectivity index is 1.66. The third kappa shape index (κ3) is 3.95. The Morgan fingerprint density at radius 3 is 2.59 bits per heavy atom. The maximum atomic E-state index is 13.6. The van der Waals surface area contributed by atoms with Crippen molar-refractivity contribution in [2.45, 2.75) is 12.7 Å². The summed E-state index contributed by atoms with van der Waals surface area (Å²) in [5.41, 5.74) is 0.499. The molecule has 2 aromatic heterocycles. The second-order valence-electron chi connectivity index (χ2n) is 6.76. The number of aromatic nitrogens is 2. The van der Waals surface area contributed by atoms with Gasteiger partial charge in [-0.15, -0.1) is 0 Å². The van der Waals surface area contributed by atoms with E-state index in [1.54, 1.807) is 27.8 Å². The molecule has 9 heteroatoms. The van der Waals surface area contributed by atoms with Gasteiger partial charge in [0.05, 0.1) is 29.8 Å². The van der Waals surface area contributed by atoms with Crippen molar-refractivity contribution in [3.8, 4) is 11.1 Å². The molecule has 3 aromatic rings. The summed E-state index contributed by atoms with van der Waals surface area (Å²) in [6, 6.07) is 6.23. The lowest BCUT2D eigenvalue weighted by molar-refractivity contribution is -0.140. The Labute approximate surface area is 163 Å². The number of hydrogen-bond donors (Lipinski definition) is 0. The van der Waals surface area contributed by atoms with Gasteiger partial charge < -0.3 is 14.2 Å². The van der Waals surface area contributed by atoms with Crippen LogP contribution in [0.25, 0.3) is 22.2 Å². The number of carbonyl (C=O) groups excluding carboxylic acids is 1. The van der Waals surface area contributed by atoms with E-state index in [0.717, 1.165) is 12.1 Å². The molecule has 0 saturated carbocycles. The summed E-state index contributed by atoms with van der Waals surface area (Å²) < 4.78 is 59.6. The van der Waals surface area contributed by atoms with Crippen molar-refractivity contribution in [1.82, 2.24) is 14.5 Å². The first-order valence-electron chi connectivity index (χ1n) is 9.00. The SMILES string of the molecule is O=C(Cn1ccc2ncc(-c3ccc(F)c(C(F)(F)F)c3)cc21)N1CCOCC1. The zero-order chi connectivity index (χ0) is 20.6. The molecule has 1 amide bonds. The number of ether oxygens (including phenoxy) is 1. The van der Waals surface area contributed by atoms with Crippen LogP contribution < -0.4 is 0 Å². The number of benzene rings is 1. The van der Waals surface area contributed by atoms with Gasteiger partial charge in [-0.1, -0.05) is 6.07 Å². The molecule has 1 saturated heterocycles. The molecule has 1 aliphatic rings. The zero-order valence-corrected chi connectivity index (χ0v) is 15.2. The first kappa shape index (κ1) is 19.4. The molecule has 0 N–H and O–H groups in total. The lowest BCUT2D eigenvalue weighted by Gasteiger charge is -2.27. The summed E-state index contributed by atoms with van der Waals surface area (Å²) >= 11 is 0. The average Bonchev–Trinajstić information content (AvgIpc) is 3.10. The lowest BCUT2D eigenvalue weighted by Crippen LogP contribution is -2.42. The number of fused-ring (bicyclic) bond motifs is 1. The smallest absolute Gasteiger partial charge is 0.378 e. The highest BCUT2D eigenvalue weighted by Gasteiger charge is 2.34. The van der Waals surface area contributed by atoms with E-state index in [4.69, 9.17) is 4.74 Å². The highest BCUT2D eigenvalue weighted by Crippen LogP contribution is 2.34. The van der Waals surface area contributed by atoms with Crippen LogP contribution in [0, 0.1) is 5.82 Å². The molecular formula is C20H17F4N3O2. The number of rotatable bonds is 3. The number of nitrogens with zero attached hydrogens (tertiary/aromatic N) is 3. The normalized spacial score (nSPS) is 15.1. The van der Waals surface area contributed by atoms with E-state index in [0.29, 0.717) is 42.9 Å². The van der Waals surface area contributed by atoms with Crippen molar-refractivity contribution in [2.24, 2.45) is 0 Å². The van der Waals surface area contributed by atoms with Crippen LogP contribution in [0.2, 0.25) is 0 Å². The maximum absolute atomic E-state index is 13.6. The molecule has 0 atom stereocenters. The maximum Gasteiger partial charge on any atom is 0.419 e. The van der Waals surface area contributed by atoms with Crippen LogP contribution in [-0.2, 0) is 22.3 Å². The number of hydrogen-bond acceptors (Lipinski definition) is 3. The van der Waals surface area contributed by atoms with Gasteiger partial charge in [-0.25, -0.2) is 4.39 Å².